The van der Waals surface area contributed by atoms with E-state index >= 15 is 0 Å². The number of para-hydroxylation sites is 1. The Balaban J connectivity index is 1.83. The van der Waals surface area contributed by atoms with Crippen molar-refractivity contribution >= 4 is 17.6 Å². The highest BCUT2D eigenvalue weighted by atomic mass is 35.5. The third-order valence-electron chi connectivity index (χ3n) is 3.66. The molecule has 0 aromatic heterocycles. The third-order valence-corrected chi connectivity index (χ3v) is 3.97. The molecule has 120 valence electrons. The fourth-order valence-corrected chi connectivity index (χ4v) is 2.50. The highest BCUT2D eigenvalue weighted by Gasteiger charge is 2.14. The van der Waals surface area contributed by atoms with Crippen LogP contribution < -0.4 is 15.4 Å². The van der Waals surface area contributed by atoms with E-state index in [0.717, 1.165) is 31.0 Å². The van der Waals surface area contributed by atoms with Gasteiger partial charge in [0.05, 0.1) is 11.6 Å². The van der Waals surface area contributed by atoms with Crippen LogP contribution in [0.5, 0.6) is 5.75 Å². The Morgan fingerprint density at radius 1 is 1.36 bits per heavy atom. The predicted octanol–water partition coefficient (Wildman–Crippen LogP) is 3.38. The molecule has 0 heterocycles. The topological polar surface area (TPSA) is 45.7 Å². The van der Waals surface area contributed by atoms with E-state index in [0.29, 0.717) is 17.6 Å². The molecule has 0 spiro atoms. The first-order valence-corrected chi connectivity index (χ1v) is 8.14. The van der Waals surface area contributed by atoms with Gasteiger partial charge in [-0.2, -0.15) is 0 Å². The van der Waals surface area contributed by atoms with Crippen molar-refractivity contribution in [1.82, 2.24) is 10.6 Å². The molecule has 2 rings (SSSR count). The lowest BCUT2D eigenvalue weighted by Gasteiger charge is -2.22. The molecule has 0 saturated carbocycles. The quantitative estimate of drug-likeness (QED) is 0.479. The van der Waals surface area contributed by atoms with Crippen molar-refractivity contribution in [3.05, 3.63) is 41.4 Å². The van der Waals surface area contributed by atoms with Crippen molar-refractivity contribution in [2.45, 2.75) is 38.3 Å². The summed E-state index contributed by atoms with van der Waals surface area (Å²) in [5.41, 5.74) is 0. The Hall–Kier alpha value is -1.68. The van der Waals surface area contributed by atoms with Crippen LogP contribution in [0.1, 0.15) is 26.2 Å². The van der Waals surface area contributed by atoms with Crippen LogP contribution in [-0.2, 0) is 0 Å². The Morgan fingerprint density at radius 2 is 2.09 bits per heavy atom. The SMILES string of the molecule is CCC(CNC(=NC)NC1CC=CC1)Oc1ccccc1Cl. The molecule has 1 atom stereocenters. The minimum Gasteiger partial charge on any atom is -0.487 e. The number of hydrogen-bond donors (Lipinski definition) is 2. The summed E-state index contributed by atoms with van der Waals surface area (Å²) in [6.45, 7) is 2.78. The fourth-order valence-electron chi connectivity index (χ4n) is 2.32. The van der Waals surface area contributed by atoms with Gasteiger partial charge in [0, 0.05) is 13.1 Å². The third kappa shape index (κ3) is 4.95. The number of guanidine groups is 1. The normalized spacial score (nSPS) is 16.6. The Labute approximate surface area is 137 Å². The summed E-state index contributed by atoms with van der Waals surface area (Å²) in [7, 11) is 1.79. The summed E-state index contributed by atoms with van der Waals surface area (Å²) in [5, 5.41) is 7.38. The standard InChI is InChI=1S/C17H24ClN3O/c1-3-14(22-16-11-7-6-10-15(16)18)12-20-17(19-2)21-13-8-4-5-9-13/h4-7,10-11,13-14H,3,8-9,12H2,1-2H3,(H2,19,20,21). The van der Waals surface area contributed by atoms with Crippen LogP contribution in [0, 0.1) is 0 Å². The summed E-state index contributed by atoms with van der Waals surface area (Å²) < 4.78 is 5.97. The van der Waals surface area contributed by atoms with Gasteiger partial charge in [-0.15, -0.1) is 0 Å². The molecule has 0 radical (unpaired) electrons. The largest absolute Gasteiger partial charge is 0.487 e. The molecule has 0 aliphatic heterocycles. The lowest BCUT2D eigenvalue weighted by molar-refractivity contribution is 0.199. The van der Waals surface area contributed by atoms with Gasteiger partial charge in [0.15, 0.2) is 5.96 Å². The smallest absolute Gasteiger partial charge is 0.191 e. The van der Waals surface area contributed by atoms with Crippen LogP contribution in [0.25, 0.3) is 0 Å². The van der Waals surface area contributed by atoms with Crippen molar-refractivity contribution in [3.8, 4) is 5.75 Å². The first-order chi connectivity index (χ1) is 10.7. The number of nitrogens with one attached hydrogen (secondary N) is 2. The van der Waals surface area contributed by atoms with Crippen LogP contribution >= 0.6 is 11.6 Å². The van der Waals surface area contributed by atoms with Crippen molar-refractivity contribution in [2.24, 2.45) is 4.99 Å². The van der Waals surface area contributed by atoms with Gasteiger partial charge in [0.2, 0.25) is 0 Å². The molecule has 4 nitrogen and oxygen atoms in total. The van der Waals surface area contributed by atoms with Crippen LogP contribution in [-0.4, -0.2) is 31.7 Å². The molecular formula is C17H24ClN3O. The Morgan fingerprint density at radius 3 is 2.73 bits per heavy atom. The number of benzene rings is 1. The molecule has 1 unspecified atom stereocenters. The summed E-state index contributed by atoms with van der Waals surface area (Å²) >= 11 is 6.14. The van der Waals surface area contributed by atoms with Crippen LogP contribution in [0.2, 0.25) is 5.02 Å². The summed E-state index contributed by atoms with van der Waals surface area (Å²) in [4.78, 5) is 4.27. The molecule has 0 amide bonds. The number of aliphatic imine (C=N–C) groups is 1. The zero-order valence-corrected chi connectivity index (χ0v) is 13.9. The van der Waals surface area contributed by atoms with E-state index in [1.165, 1.54) is 0 Å². The van der Waals surface area contributed by atoms with Gasteiger partial charge < -0.3 is 15.4 Å². The molecule has 5 heteroatoms. The highest BCUT2D eigenvalue weighted by Crippen LogP contribution is 2.24. The number of ether oxygens (including phenoxy) is 1. The summed E-state index contributed by atoms with van der Waals surface area (Å²) in [6, 6.07) is 7.99. The minimum absolute atomic E-state index is 0.0418. The van der Waals surface area contributed by atoms with Crippen molar-refractivity contribution < 1.29 is 4.74 Å². The zero-order chi connectivity index (χ0) is 15.8. The van der Waals surface area contributed by atoms with E-state index in [1.54, 1.807) is 7.05 Å². The lowest BCUT2D eigenvalue weighted by Crippen LogP contribution is -2.45. The minimum atomic E-state index is 0.0418. The molecule has 1 aliphatic rings. The van der Waals surface area contributed by atoms with Crippen molar-refractivity contribution in [1.29, 1.82) is 0 Å². The first-order valence-electron chi connectivity index (χ1n) is 7.76. The van der Waals surface area contributed by atoms with E-state index in [1.807, 2.05) is 24.3 Å². The average molecular weight is 322 g/mol. The van der Waals surface area contributed by atoms with Crippen LogP contribution in [0.4, 0.5) is 0 Å². The van der Waals surface area contributed by atoms with Crippen LogP contribution in [0.3, 0.4) is 0 Å². The van der Waals surface area contributed by atoms with Gasteiger partial charge in [-0.3, -0.25) is 4.99 Å². The van der Waals surface area contributed by atoms with Gasteiger partial charge in [-0.1, -0.05) is 42.8 Å². The van der Waals surface area contributed by atoms with Crippen molar-refractivity contribution in [2.75, 3.05) is 13.6 Å². The Bertz CT molecular complexity index is 522. The number of rotatable bonds is 6. The summed E-state index contributed by atoms with van der Waals surface area (Å²) in [5.74, 6) is 1.54. The molecule has 22 heavy (non-hydrogen) atoms. The lowest BCUT2D eigenvalue weighted by atomic mass is 10.2. The molecule has 1 aromatic rings. The van der Waals surface area contributed by atoms with E-state index in [2.05, 4.69) is 34.7 Å². The van der Waals surface area contributed by atoms with Gasteiger partial charge in [-0.05, 0) is 31.4 Å². The molecule has 2 N–H and O–H groups in total. The molecule has 0 fully saturated rings. The van der Waals surface area contributed by atoms with E-state index in [4.69, 9.17) is 16.3 Å². The zero-order valence-electron chi connectivity index (χ0n) is 13.2. The highest BCUT2D eigenvalue weighted by molar-refractivity contribution is 6.32. The molecule has 0 saturated heterocycles. The maximum Gasteiger partial charge on any atom is 0.191 e. The number of nitrogens with zero attached hydrogens (tertiary/aromatic N) is 1. The second kappa shape index (κ2) is 8.69. The molecular weight excluding hydrogens is 298 g/mol. The van der Waals surface area contributed by atoms with E-state index in [9.17, 15) is 0 Å². The molecule has 1 aliphatic carbocycles. The monoisotopic (exact) mass is 321 g/mol. The van der Waals surface area contributed by atoms with E-state index in [-0.39, 0.29) is 6.10 Å². The van der Waals surface area contributed by atoms with Gasteiger partial charge >= 0.3 is 0 Å². The average Bonchev–Trinajstić information content (AvgIpc) is 3.04. The predicted molar refractivity (Wildman–Crippen MR) is 92.8 cm³/mol. The van der Waals surface area contributed by atoms with E-state index < -0.39 is 0 Å². The second-order valence-electron chi connectivity index (χ2n) is 5.32. The van der Waals surface area contributed by atoms with Crippen LogP contribution in [0.15, 0.2) is 41.4 Å². The summed E-state index contributed by atoms with van der Waals surface area (Å²) in [6.07, 6.45) is 7.42. The number of halogens is 1. The van der Waals surface area contributed by atoms with Gasteiger partial charge in [0.1, 0.15) is 11.9 Å². The molecule has 1 aromatic carbocycles. The maximum atomic E-state index is 6.14. The first kappa shape index (κ1) is 16.7. The fraction of sp³-hybridized carbons (Fsp3) is 0.471. The maximum absolute atomic E-state index is 6.14. The Kier molecular flexibility index (Phi) is 6.59. The van der Waals surface area contributed by atoms with Crippen molar-refractivity contribution in [3.63, 3.8) is 0 Å². The van der Waals surface area contributed by atoms with Gasteiger partial charge in [0.25, 0.3) is 0 Å². The molecule has 0 bridgehead atoms. The number of hydrogen-bond acceptors (Lipinski definition) is 2. The second-order valence-corrected chi connectivity index (χ2v) is 5.72. The van der Waals surface area contributed by atoms with Gasteiger partial charge in [-0.25, -0.2) is 0 Å².